The number of benzene rings is 1. The Morgan fingerprint density at radius 2 is 2.00 bits per heavy atom. The van der Waals surface area contributed by atoms with Crippen molar-refractivity contribution in [3.63, 3.8) is 0 Å². The second-order valence-corrected chi connectivity index (χ2v) is 6.79. The molecule has 1 aromatic rings. The van der Waals surface area contributed by atoms with Crippen LogP contribution in [0.1, 0.15) is 31.1 Å². The molecule has 0 aromatic heterocycles. The van der Waals surface area contributed by atoms with E-state index >= 15 is 0 Å². The monoisotopic (exact) mass is 282 g/mol. The van der Waals surface area contributed by atoms with Crippen LogP contribution in [-0.2, 0) is 14.3 Å². The quantitative estimate of drug-likeness (QED) is 0.743. The Morgan fingerprint density at radius 3 is 2.86 bits per heavy atom. The fraction of sp³-hybridized carbons (Fsp3) is 0.500. The van der Waals surface area contributed by atoms with Gasteiger partial charge in [0.25, 0.3) is 0 Å². The van der Waals surface area contributed by atoms with Crippen molar-refractivity contribution in [2.75, 3.05) is 0 Å². The summed E-state index contributed by atoms with van der Waals surface area (Å²) in [6, 6.07) is 10.1. The van der Waals surface area contributed by atoms with Gasteiger partial charge in [-0.15, -0.1) is 0 Å². The number of Topliss-reactive ketones (excluding diaryl/α,β-unsaturated/α-hetero) is 1. The Labute approximate surface area is 123 Å². The second kappa shape index (κ2) is 4.05. The van der Waals surface area contributed by atoms with E-state index in [1.54, 1.807) is 0 Å². The molecule has 2 saturated carbocycles. The molecule has 1 aromatic carbocycles. The number of ether oxygens (including phenoxy) is 2. The van der Waals surface area contributed by atoms with Crippen LogP contribution < -0.4 is 0 Å². The number of carbonyl (C=O) groups is 1. The molecule has 3 nitrogen and oxygen atoms in total. The standard InChI is InChI=1S/C18H18O3/c19-14-7-9-18-8-6-12(10-13(14)18)15-16(18)21-17(20-15)11-4-2-1-3-5-11/h1-6,8,12-13,15-17H,7,9-10H2/t12-,13-,15+,16+,17-,18-/m1/s1. The highest BCUT2D eigenvalue weighted by Crippen LogP contribution is 2.61. The minimum Gasteiger partial charge on any atom is -0.342 e. The summed E-state index contributed by atoms with van der Waals surface area (Å²) < 4.78 is 12.6. The molecule has 5 aliphatic rings. The minimum absolute atomic E-state index is 0.0444. The summed E-state index contributed by atoms with van der Waals surface area (Å²) in [5, 5.41) is 0. The minimum atomic E-state index is -0.282. The molecule has 0 unspecified atom stereocenters. The van der Waals surface area contributed by atoms with Crippen molar-refractivity contribution < 1.29 is 14.3 Å². The molecule has 6 rings (SSSR count). The van der Waals surface area contributed by atoms with E-state index in [9.17, 15) is 4.79 Å². The summed E-state index contributed by atoms with van der Waals surface area (Å²) in [7, 11) is 0. The fourth-order valence-electron chi connectivity index (χ4n) is 4.85. The van der Waals surface area contributed by atoms with E-state index in [1.165, 1.54) is 0 Å². The van der Waals surface area contributed by atoms with Gasteiger partial charge >= 0.3 is 0 Å². The van der Waals surface area contributed by atoms with E-state index in [-0.39, 0.29) is 29.8 Å². The zero-order valence-electron chi connectivity index (χ0n) is 11.8. The lowest BCUT2D eigenvalue weighted by Crippen LogP contribution is -2.54. The molecule has 2 bridgehead atoms. The van der Waals surface area contributed by atoms with E-state index in [0.29, 0.717) is 18.1 Å². The SMILES string of the molecule is O=C1CC[C@]23C=C[C@H](C[C@H]12)[C@@H]1O[C@@H](c2ccccc2)O[C@@H]13. The van der Waals surface area contributed by atoms with Crippen molar-refractivity contribution in [2.45, 2.75) is 37.8 Å². The van der Waals surface area contributed by atoms with Crippen LogP contribution in [0.25, 0.3) is 0 Å². The number of hydrogen-bond donors (Lipinski definition) is 0. The van der Waals surface area contributed by atoms with Crippen molar-refractivity contribution in [3.05, 3.63) is 48.0 Å². The Balaban J connectivity index is 1.52. The molecule has 1 spiro atoms. The zero-order chi connectivity index (χ0) is 14.0. The number of rotatable bonds is 1. The van der Waals surface area contributed by atoms with Gasteiger partial charge in [-0.2, -0.15) is 0 Å². The van der Waals surface area contributed by atoms with Crippen molar-refractivity contribution >= 4 is 5.78 Å². The first-order valence-corrected chi connectivity index (χ1v) is 7.86. The molecule has 4 aliphatic carbocycles. The Bertz CT molecular complexity index is 623. The van der Waals surface area contributed by atoms with Crippen LogP contribution in [0.4, 0.5) is 0 Å². The third kappa shape index (κ3) is 1.48. The van der Waals surface area contributed by atoms with Gasteiger partial charge < -0.3 is 9.47 Å². The van der Waals surface area contributed by atoms with Gasteiger partial charge in [0.2, 0.25) is 0 Å². The van der Waals surface area contributed by atoms with E-state index in [2.05, 4.69) is 12.2 Å². The molecular formula is C18H18O3. The third-order valence-electron chi connectivity index (χ3n) is 5.88. The molecule has 0 radical (unpaired) electrons. The Morgan fingerprint density at radius 1 is 1.14 bits per heavy atom. The lowest BCUT2D eigenvalue weighted by Gasteiger charge is -2.49. The highest BCUT2D eigenvalue weighted by Gasteiger charge is 2.64. The van der Waals surface area contributed by atoms with Crippen LogP contribution >= 0.6 is 0 Å². The molecule has 0 N–H and O–H groups in total. The smallest absolute Gasteiger partial charge is 0.184 e. The first-order chi connectivity index (χ1) is 10.3. The van der Waals surface area contributed by atoms with Gasteiger partial charge in [-0.3, -0.25) is 4.79 Å². The third-order valence-corrected chi connectivity index (χ3v) is 5.88. The summed E-state index contributed by atoms with van der Waals surface area (Å²) in [6.45, 7) is 0. The highest BCUT2D eigenvalue weighted by molar-refractivity contribution is 5.85. The van der Waals surface area contributed by atoms with Gasteiger partial charge in [-0.25, -0.2) is 0 Å². The van der Waals surface area contributed by atoms with Gasteiger partial charge in [-0.1, -0.05) is 42.5 Å². The van der Waals surface area contributed by atoms with Crippen LogP contribution in [-0.4, -0.2) is 18.0 Å². The first kappa shape index (κ1) is 12.1. The van der Waals surface area contributed by atoms with E-state index in [1.807, 2.05) is 30.3 Å². The van der Waals surface area contributed by atoms with Crippen LogP contribution in [0, 0.1) is 17.3 Å². The first-order valence-electron chi connectivity index (χ1n) is 7.86. The van der Waals surface area contributed by atoms with Crippen LogP contribution in [0.5, 0.6) is 0 Å². The maximum atomic E-state index is 12.2. The zero-order valence-corrected chi connectivity index (χ0v) is 11.8. The molecule has 1 aliphatic heterocycles. The largest absolute Gasteiger partial charge is 0.342 e. The highest BCUT2D eigenvalue weighted by atomic mass is 16.7. The Hall–Kier alpha value is -1.45. The summed E-state index contributed by atoms with van der Waals surface area (Å²) in [5.74, 6) is 0.916. The van der Waals surface area contributed by atoms with Gasteiger partial charge in [0.05, 0.1) is 12.2 Å². The maximum Gasteiger partial charge on any atom is 0.184 e. The number of hydrogen-bond acceptors (Lipinski definition) is 3. The van der Waals surface area contributed by atoms with E-state index in [4.69, 9.17) is 9.47 Å². The van der Waals surface area contributed by atoms with Gasteiger partial charge in [0, 0.05) is 29.2 Å². The molecule has 1 saturated heterocycles. The molecule has 21 heavy (non-hydrogen) atoms. The molecule has 3 fully saturated rings. The predicted octanol–water partition coefficient (Wildman–Crippen LogP) is 3.02. The number of ketones is 1. The van der Waals surface area contributed by atoms with Crippen molar-refractivity contribution in [2.24, 2.45) is 17.3 Å². The Kier molecular flexibility index (Phi) is 2.34. The predicted molar refractivity (Wildman–Crippen MR) is 76.3 cm³/mol. The molecule has 108 valence electrons. The van der Waals surface area contributed by atoms with Gasteiger partial charge in [0.15, 0.2) is 6.29 Å². The lowest BCUT2D eigenvalue weighted by molar-refractivity contribution is -0.128. The summed E-state index contributed by atoms with van der Waals surface area (Å²) >= 11 is 0. The summed E-state index contributed by atoms with van der Waals surface area (Å²) in [6.07, 6.45) is 6.99. The molecule has 0 amide bonds. The van der Waals surface area contributed by atoms with Crippen molar-refractivity contribution in [3.8, 4) is 0 Å². The normalized spacial score (nSPS) is 46.7. The van der Waals surface area contributed by atoms with Crippen LogP contribution in [0.3, 0.4) is 0 Å². The summed E-state index contributed by atoms with van der Waals surface area (Å²) in [4.78, 5) is 12.2. The van der Waals surface area contributed by atoms with Crippen LogP contribution in [0.15, 0.2) is 42.5 Å². The molecule has 1 heterocycles. The van der Waals surface area contributed by atoms with E-state index in [0.717, 1.165) is 18.4 Å². The van der Waals surface area contributed by atoms with Crippen molar-refractivity contribution in [1.29, 1.82) is 0 Å². The van der Waals surface area contributed by atoms with Gasteiger partial charge in [-0.05, 0) is 12.8 Å². The average Bonchev–Trinajstić information content (AvgIpc) is 3.13. The maximum absolute atomic E-state index is 12.2. The second-order valence-electron chi connectivity index (χ2n) is 6.79. The number of carbonyl (C=O) groups excluding carboxylic acids is 1. The molecule has 3 heteroatoms. The van der Waals surface area contributed by atoms with Gasteiger partial charge in [0.1, 0.15) is 5.78 Å². The molecular weight excluding hydrogens is 264 g/mol. The summed E-state index contributed by atoms with van der Waals surface area (Å²) in [5.41, 5.74) is 0.976. The topological polar surface area (TPSA) is 35.5 Å². The van der Waals surface area contributed by atoms with E-state index < -0.39 is 0 Å². The molecule has 6 atom stereocenters. The van der Waals surface area contributed by atoms with Crippen molar-refractivity contribution in [1.82, 2.24) is 0 Å². The fourth-order valence-corrected chi connectivity index (χ4v) is 4.85. The van der Waals surface area contributed by atoms with Crippen LogP contribution in [0.2, 0.25) is 0 Å². The average molecular weight is 282 g/mol. The lowest BCUT2D eigenvalue weighted by atomic mass is 9.57.